The first-order chi connectivity index (χ1) is 6.74. The number of ketones is 1. The topological polar surface area (TPSA) is 30.0 Å². The molecule has 0 fully saturated rings. The molecule has 2 nitrogen and oxygen atoms in total. The van der Waals surface area contributed by atoms with Gasteiger partial charge in [0.2, 0.25) is 0 Å². The number of alkyl halides is 1. The van der Waals surface area contributed by atoms with E-state index < -0.39 is 0 Å². The number of carbonyl (C=O) groups excluding carboxylic acids is 1. The van der Waals surface area contributed by atoms with Crippen LogP contribution in [-0.2, 0) is 0 Å². The highest BCUT2D eigenvalue weighted by atomic mass is 79.9. The molecule has 0 saturated carbocycles. The maximum atomic E-state index is 11.5. The number of hydrogen-bond acceptors (Lipinski definition) is 2. The zero-order valence-corrected chi connectivity index (χ0v) is 10.0. The lowest BCUT2D eigenvalue weighted by molar-refractivity contribution is 0.0975. The van der Waals surface area contributed by atoms with E-state index in [-0.39, 0.29) is 5.78 Å². The summed E-state index contributed by atoms with van der Waals surface area (Å²) in [5.41, 5.74) is 0.530. The van der Waals surface area contributed by atoms with E-state index in [1.54, 1.807) is 12.3 Å². The van der Waals surface area contributed by atoms with Crippen molar-refractivity contribution in [2.24, 2.45) is 0 Å². The van der Waals surface area contributed by atoms with E-state index in [9.17, 15) is 4.79 Å². The molecule has 14 heavy (non-hydrogen) atoms. The number of Topliss-reactive ketones (excluding diaryl/α,β-unsaturated/α-hetero) is 1. The molecule has 0 unspecified atom stereocenters. The van der Waals surface area contributed by atoms with Crippen molar-refractivity contribution in [2.45, 2.75) is 19.3 Å². The quantitative estimate of drug-likeness (QED) is 0.468. The lowest BCUT2D eigenvalue weighted by Gasteiger charge is -1.99. The molecule has 0 aliphatic heterocycles. The van der Waals surface area contributed by atoms with Gasteiger partial charge in [0.25, 0.3) is 0 Å². The maximum Gasteiger partial charge on any atom is 0.181 e. The van der Waals surface area contributed by atoms with Gasteiger partial charge >= 0.3 is 0 Å². The second-order valence-electron chi connectivity index (χ2n) is 2.93. The first kappa shape index (κ1) is 11.7. The first-order valence-electron chi connectivity index (χ1n) is 4.45. The van der Waals surface area contributed by atoms with Crippen LogP contribution in [-0.4, -0.2) is 16.6 Å². The standard InChI is InChI=1S/C10H11BrClNO/c11-8-4-5-9(13-7-8)10(14)3-1-2-6-12/h4-5,7H,1-3,6H2. The van der Waals surface area contributed by atoms with Crippen molar-refractivity contribution in [1.29, 1.82) is 0 Å². The van der Waals surface area contributed by atoms with E-state index in [1.807, 2.05) is 6.07 Å². The molecule has 0 aliphatic rings. The van der Waals surface area contributed by atoms with Gasteiger partial charge in [-0.05, 0) is 40.9 Å². The van der Waals surface area contributed by atoms with Gasteiger partial charge in [0.15, 0.2) is 5.78 Å². The zero-order chi connectivity index (χ0) is 10.4. The molecule has 0 amide bonds. The van der Waals surface area contributed by atoms with Crippen LogP contribution in [0.15, 0.2) is 22.8 Å². The van der Waals surface area contributed by atoms with E-state index in [1.165, 1.54) is 0 Å². The van der Waals surface area contributed by atoms with Crippen LogP contribution >= 0.6 is 27.5 Å². The molecular weight excluding hydrogens is 265 g/mol. The Labute approximate surface area is 96.8 Å². The largest absolute Gasteiger partial charge is 0.292 e. The number of hydrogen-bond donors (Lipinski definition) is 0. The number of pyridine rings is 1. The highest BCUT2D eigenvalue weighted by Crippen LogP contribution is 2.10. The number of halogens is 2. The molecule has 4 heteroatoms. The van der Waals surface area contributed by atoms with Crippen molar-refractivity contribution in [3.05, 3.63) is 28.5 Å². The number of unbranched alkanes of at least 4 members (excludes halogenated alkanes) is 1. The number of aromatic nitrogens is 1. The molecule has 76 valence electrons. The van der Waals surface area contributed by atoms with Gasteiger partial charge < -0.3 is 0 Å². The summed E-state index contributed by atoms with van der Waals surface area (Å²) in [4.78, 5) is 15.5. The second-order valence-corrected chi connectivity index (χ2v) is 4.22. The van der Waals surface area contributed by atoms with Gasteiger partial charge in [0.1, 0.15) is 5.69 Å². The smallest absolute Gasteiger partial charge is 0.181 e. The highest BCUT2D eigenvalue weighted by Gasteiger charge is 2.05. The van der Waals surface area contributed by atoms with Crippen molar-refractivity contribution in [3.63, 3.8) is 0 Å². The van der Waals surface area contributed by atoms with Gasteiger partial charge in [-0.3, -0.25) is 9.78 Å². The van der Waals surface area contributed by atoms with Gasteiger partial charge in [0, 0.05) is 23.0 Å². The molecule has 1 aromatic rings. The summed E-state index contributed by atoms with van der Waals surface area (Å²) < 4.78 is 0.884. The molecule has 0 aliphatic carbocycles. The van der Waals surface area contributed by atoms with E-state index in [0.29, 0.717) is 18.0 Å². The summed E-state index contributed by atoms with van der Waals surface area (Å²) >= 11 is 8.79. The molecule has 0 aromatic carbocycles. The molecular formula is C10H11BrClNO. The number of nitrogens with zero attached hydrogens (tertiary/aromatic N) is 1. The normalized spacial score (nSPS) is 10.1. The van der Waals surface area contributed by atoms with Gasteiger partial charge in [0.05, 0.1) is 0 Å². The number of carbonyl (C=O) groups is 1. The fourth-order valence-corrected chi connectivity index (χ4v) is 1.47. The molecule has 0 saturated heterocycles. The minimum Gasteiger partial charge on any atom is -0.292 e. The van der Waals surface area contributed by atoms with Crippen molar-refractivity contribution in [3.8, 4) is 0 Å². The van der Waals surface area contributed by atoms with Crippen LogP contribution in [0.3, 0.4) is 0 Å². The average Bonchev–Trinajstić information content (AvgIpc) is 2.19. The minimum atomic E-state index is 0.0858. The molecule has 1 heterocycles. The fraction of sp³-hybridized carbons (Fsp3) is 0.400. The molecule has 0 atom stereocenters. The Morgan fingerprint density at radius 3 is 2.79 bits per heavy atom. The van der Waals surface area contributed by atoms with Crippen LogP contribution in [0.2, 0.25) is 0 Å². The minimum absolute atomic E-state index is 0.0858. The van der Waals surface area contributed by atoms with Crippen LogP contribution in [0.4, 0.5) is 0 Å². The van der Waals surface area contributed by atoms with Gasteiger partial charge in [-0.15, -0.1) is 11.6 Å². The molecule has 0 radical (unpaired) electrons. The van der Waals surface area contributed by atoms with Crippen molar-refractivity contribution < 1.29 is 4.79 Å². The third-order valence-corrected chi connectivity index (χ3v) is 2.54. The molecule has 1 rings (SSSR count). The Morgan fingerprint density at radius 2 is 2.21 bits per heavy atom. The van der Waals surface area contributed by atoms with Crippen LogP contribution < -0.4 is 0 Å². The van der Waals surface area contributed by atoms with Crippen LogP contribution in [0.1, 0.15) is 29.8 Å². The molecule has 1 aromatic heterocycles. The molecule has 0 bridgehead atoms. The van der Waals surface area contributed by atoms with Gasteiger partial charge in [-0.25, -0.2) is 0 Å². The van der Waals surface area contributed by atoms with Crippen molar-refractivity contribution in [2.75, 3.05) is 5.88 Å². The second kappa shape index (κ2) is 6.14. The van der Waals surface area contributed by atoms with Gasteiger partial charge in [-0.2, -0.15) is 0 Å². The Hall–Kier alpha value is -0.410. The lowest BCUT2D eigenvalue weighted by Crippen LogP contribution is -2.01. The van der Waals surface area contributed by atoms with E-state index >= 15 is 0 Å². The predicted octanol–water partition coefficient (Wildman–Crippen LogP) is 3.44. The summed E-state index contributed by atoms with van der Waals surface area (Å²) in [7, 11) is 0. The monoisotopic (exact) mass is 275 g/mol. The zero-order valence-electron chi connectivity index (χ0n) is 7.67. The molecule has 0 spiro atoms. The van der Waals surface area contributed by atoms with Crippen molar-refractivity contribution >= 4 is 33.3 Å². The summed E-state index contributed by atoms with van der Waals surface area (Å²) in [6.07, 6.45) is 3.88. The van der Waals surface area contributed by atoms with Gasteiger partial charge in [-0.1, -0.05) is 0 Å². The first-order valence-corrected chi connectivity index (χ1v) is 5.77. The summed E-state index contributed by atoms with van der Waals surface area (Å²) in [5.74, 6) is 0.698. The average molecular weight is 277 g/mol. The summed E-state index contributed by atoms with van der Waals surface area (Å²) in [6.45, 7) is 0. The Bertz CT molecular complexity index is 299. The van der Waals surface area contributed by atoms with Crippen molar-refractivity contribution in [1.82, 2.24) is 4.98 Å². The number of rotatable bonds is 5. The summed E-state index contributed by atoms with van der Waals surface area (Å²) in [6, 6.07) is 3.55. The van der Waals surface area contributed by atoms with Crippen LogP contribution in [0.25, 0.3) is 0 Å². The maximum absolute atomic E-state index is 11.5. The van der Waals surface area contributed by atoms with E-state index in [2.05, 4.69) is 20.9 Å². The Kier molecular flexibility index (Phi) is 5.12. The Balaban J connectivity index is 2.48. The van der Waals surface area contributed by atoms with E-state index in [0.717, 1.165) is 17.3 Å². The Morgan fingerprint density at radius 1 is 1.43 bits per heavy atom. The lowest BCUT2D eigenvalue weighted by atomic mass is 10.1. The highest BCUT2D eigenvalue weighted by molar-refractivity contribution is 9.10. The van der Waals surface area contributed by atoms with Crippen LogP contribution in [0.5, 0.6) is 0 Å². The van der Waals surface area contributed by atoms with E-state index in [4.69, 9.17) is 11.6 Å². The summed E-state index contributed by atoms with van der Waals surface area (Å²) in [5, 5.41) is 0. The third-order valence-electron chi connectivity index (χ3n) is 1.80. The molecule has 0 N–H and O–H groups in total. The fourth-order valence-electron chi connectivity index (χ4n) is 1.05. The predicted molar refractivity (Wildman–Crippen MR) is 60.8 cm³/mol. The van der Waals surface area contributed by atoms with Crippen LogP contribution in [0, 0.1) is 0 Å². The third kappa shape index (κ3) is 3.76. The SMILES string of the molecule is O=C(CCCCCl)c1ccc(Br)cn1.